The van der Waals surface area contributed by atoms with Gasteiger partial charge < -0.3 is 10.5 Å². The van der Waals surface area contributed by atoms with Crippen LogP contribution in [0.4, 0.5) is 5.69 Å². The molecule has 0 radical (unpaired) electrons. The first-order chi connectivity index (χ1) is 10.2. The highest BCUT2D eigenvalue weighted by molar-refractivity contribution is 7.86. The topological polar surface area (TPSA) is 78.1 Å². The Hall–Kier alpha value is -1.99. The summed E-state index contributed by atoms with van der Waals surface area (Å²) >= 11 is 1.40. The third-order valence-corrected chi connectivity index (χ3v) is 5.59. The number of ether oxygens (including phenoxy) is 1. The van der Waals surface area contributed by atoms with Crippen molar-refractivity contribution in [1.82, 2.24) is 9.97 Å². The molecule has 0 amide bonds. The zero-order valence-corrected chi connectivity index (χ0v) is 12.9. The van der Waals surface area contributed by atoms with E-state index >= 15 is 0 Å². The zero-order chi connectivity index (χ0) is 14.8. The Labute approximate surface area is 128 Å². The van der Waals surface area contributed by atoms with E-state index in [0.29, 0.717) is 21.7 Å². The summed E-state index contributed by atoms with van der Waals surface area (Å²) < 4.78 is 19.2. The first-order valence-corrected chi connectivity index (χ1v) is 8.33. The normalized spacial score (nSPS) is 12.4. The molecule has 21 heavy (non-hydrogen) atoms. The van der Waals surface area contributed by atoms with Crippen molar-refractivity contribution in [1.29, 1.82) is 0 Å². The third kappa shape index (κ3) is 2.88. The summed E-state index contributed by atoms with van der Waals surface area (Å²) in [5.41, 5.74) is 8.05. The summed E-state index contributed by atoms with van der Waals surface area (Å²) in [4.78, 5) is 8.52. The highest BCUT2D eigenvalue weighted by Crippen LogP contribution is 2.28. The molecule has 108 valence electrons. The Bertz CT molecular complexity index is 817. The average Bonchev–Trinajstić information content (AvgIpc) is 2.91. The van der Waals surface area contributed by atoms with E-state index in [1.807, 2.05) is 18.2 Å². The smallest absolute Gasteiger partial charge is 0.217 e. The Morgan fingerprint density at radius 1 is 1.38 bits per heavy atom. The number of rotatable bonds is 4. The highest BCUT2D eigenvalue weighted by Gasteiger charge is 2.14. The number of benzene rings is 1. The van der Waals surface area contributed by atoms with Crippen LogP contribution >= 0.6 is 11.3 Å². The number of hydrogen-bond donors (Lipinski definition) is 1. The Morgan fingerprint density at radius 2 is 2.24 bits per heavy atom. The van der Waals surface area contributed by atoms with E-state index in [1.165, 1.54) is 11.3 Å². The van der Waals surface area contributed by atoms with Crippen molar-refractivity contribution < 1.29 is 8.95 Å². The molecule has 1 atom stereocenters. The maximum Gasteiger partial charge on any atom is 0.217 e. The molecule has 3 rings (SSSR count). The van der Waals surface area contributed by atoms with Gasteiger partial charge in [-0.3, -0.25) is 4.21 Å². The lowest BCUT2D eigenvalue weighted by atomic mass is 10.3. The van der Waals surface area contributed by atoms with Crippen molar-refractivity contribution >= 4 is 38.0 Å². The highest BCUT2D eigenvalue weighted by atomic mass is 32.2. The van der Waals surface area contributed by atoms with Crippen molar-refractivity contribution in [2.75, 3.05) is 12.8 Å². The van der Waals surface area contributed by atoms with Crippen LogP contribution in [0.5, 0.6) is 5.88 Å². The summed E-state index contributed by atoms with van der Waals surface area (Å²) in [6.45, 7) is 0. The largest absolute Gasteiger partial charge is 0.481 e. The number of fused-ring (bicyclic) bond motifs is 1. The second kappa shape index (κ2) is 5.79. The number of anilines is 1. The molecule has 0 saturated carbocycles. The van der Waals surface area contributed by atoms with Crippen LogP contribution in [0.3, 0.4) is 0 Å². The van der Waals surface area contributed by atoms with Crippen LogP contribution in [0.2, 0.25) is 0 Å². The molecule has 0 fully saturated rings. The molecular formula is C14H13N3O2S2. The van der Waals surface area contributed by atoms with E-state index in [9.17, 15) is 4.21 Å². The Balaban J connectivity index is 1.90. The summed E-state index contributed by atoms with van der Waals surface area (Å²) in [5.74, 6) is 0.822. The van der Waals surface area contributed by atoms with Gasteiger partial charge in [-0.05, 0) is 24.3 Å². The van der Waals surface area contributed by atoms with E-state index < -0.39 is 10.8 Å². The van der Waals surface area contributed by atoms with Gasteiger partial charge >= 0.3 is 0 Å². The Morgan fingerprint density at radius 3 is 3.05 bits per heavy atom. The number of nitrogens with two attached hydrogens (primary N) is 1. The average molecular weight is 319 g/mol. The quantitative estimate of drug-likeness (QED) is 0.748. The van der Waals surface area contributed by atoms with Gasteiger partial charge in [0.25, 0.3) is 0 Å². The van der Waals surface area contributed by atoms with Crippen LogP contribution in [0.25, 0.3) is 10.2 Å². The molecule has 1 unspecified atom stereocenters. The second-order valence-corrected chi connectivity index (χ2v) is 7.02. The summed E-state index contributed by atoms with van der Waals surface area (Å²) in [7, 11) is 0.312. The van der Waals surface area contributed by atoms with Gasteiger partial charge in [0, 0.05) is 17.4 Å². The van der Waals surface area contributed by atoms with Gasteiger partial charge in [-0.2, -0.15) is 0 Å². The number of methoxy groups -OCH3 is 1. The molecule has 0 bridgehead atoms. The van der Waals surface area contributed by atoms with Gasteiger partial charge in [0.05, 0.1) is 33.9 Å². The zero-order valence-electron chi connectivity index (χ0n) is 11.3. The van der Waals surface area contributed by atoms with Crippen LogP contribution in [0.15, 0.2) is 40.9 Å². The van der Waals surface area contributed by atoms with E-state index in [2.05, 4.69) is 9.97 Å². The van der Waals surface area contributed by atoms with Gasteiger partial charge in [-0.1, -0.05) is 6.07 Å². The van der Waals surface area contributed by atoms with Crippen molar-refractivity contribution in [2.45, 2.75) is 10.1 Å². The second-order valence-electron chi connectivity index (χ2n) is 4.37. The van der Waals surface area contributed by atoms with Crippen LogP contribution < -0.4 is 10.5 Å². The minimum Gasteiger partial charge on any atom is -0.481 e. The van der Waals surface area contributed by atoms with Gasteiger partial charge in [0.1, 0.15) is 0 Å². The number of aromatic nitrogens is 2. The predicted molar refractivity (Wildman–Crippen MR) is 84.9 cm³/mol. The number of pyridine rings is 1. The van der Waals surface area contributed by atoms with Crippen LogP contribution in [0.1, 0.15) is 5.56 Å². The molecule has 1 aromatic carbocycles. The van der Waals surface area contributed by atoms with E-state index in [4.69, 9.17) is 10.5 Å². The monoisotopic (exact) mass is 319 g/mol. The summed E-state index contributed by atoms with van der Waals surface area (Å²) in [6.07, 6.45) is 1.64. The number of thiazole rings is 1. The molecule has 0 spiro atoms. The molecule has 2 aromatic heterocycles. The summed E-state index contributed by atoms with van der Waals surface area (Å²) in [6, 6.07) is 9.13. The molecule has 0 aliphatic rings. The fourth-order valence-corrected chi connectivity index (χ4v) is 4.33. The minimum atomic E-state index is -1.24. The molecule has 2 heterocycles. The van der Waals surface area contributed by atoms with Gasteiger partial charge in [0.15, 0.2) is 4.34 Å². The third-order valence-electron chi connectivity index (χ3n) is 2.92. The molecule has 0 aliphatic carbocycles. The van der Waals surface area contributed by atoms with E-state index in [1.54, 1.807) is 25.4 Å². The lowest BCUT2D eigenvalue weighted by molar-refractivity contribution is 0.394. The number of nitrogens with zero attached hydrogens (tertiary/aromatic N) is 2. The van der Waals surface area contributed by atoms with Crippen LogP contribution in [-0.2, 0) is 16.6 Å². The van der Waals surface area contributed by atoms with Crippen molar-refractivity contribution in [2.24, 2.45) is 0 Å². The number of hydrogen-bond acceptors (Lipinski definition) is 6. The maximum absolute atomic E-state index is 12.5. The molecule has 0 saturated heterocycles. The standard InChI is InChI=1S/C14H13N3O2S2/c1-19-13-9(3-2-6-16-13)8-21(18)14-17-11-5-4-10(15)7-12(11)20-14/h2-7H,8,15H2,1H3. The molecule has 5 nitrogen and oxygen atoms in total. The molecule has 2 N–H and O–H groups in total. The first-order valence-electron chi connectivity index (χ1n) is 6.19. The predicted octanol–water partition coefficient (Wildman–Crippen LogP) is 2.59. The Kier molecular flexibility index (Phi) is 3.85. The lowest BCUT2D eigenvalue weighted by Gasteiger charge is -2.05. The van der Waals surface area contributed by atoms with Crippen LogP contribution in [0, 0.1) is 0 Å². The van der Waals surface area contributed by atoms with Crippen LogP contribution in [-0.4, -0.2) is 21.3 Å². The van der Waals surface area contributed by atoms with Gasteiger partial charge in [0.2, 0.25) is 5.88 Å². The fourth-order valence-electron chi connectivity index (χ4n) is 1.94. The molecular weight excluding hydrogens is 306 g/mol. The van der Waals surface area contributed by atoms with Gasteiger partial charge in [-0.15, -0.1) is 11.3 Å². The SMILES string of the molecule is COc1ncccc1CS(=O)c1nc2ccc(N)cc2s1. The van der Waals surface area contributed by atoms with Crippen molar-refractivity contribution in [3.63, 3.8) is 0 Å². The van der Waals surface area contributed by atoms with Gasteiger partial charge in [-0.25, -0.2) is 9.97 Å². The first kappa shape index (κ1) is 14.0. The van der Waals surface area contributed by atoms with Crippen molar-refractivity contribution in [3.05, 3.63) is 42.1 Å². The fraction of sp³-hybridized carbons (Fsp3) is 0.143. The summed E-state index contributed by atoms with van der Waals surface area (Å²) in [5, 5.41) is 0. The van der Waals surface area contributed by atoms with E-state index in [-0.39, 0.29) is 0 Å². The molecule has 3 aromatic rings. The lowest BCUT2D eigenvalue weighted by Crippen LogP contribution is -2.00. The van der Waals surface area contributed by atoms with E-state index in [0.717, 1.165) is 15.8 Å². The maximum atomic E-state index is 12.5. The molecule has 0 aliphatic heterocycles. The van der Waals surface area contributed by atoms with Crippen molar-refractivity contribution in [3.8, 4) is 5.88 Å². The minimum absolute atomic E-state index is 0.326. The molecule has 7 heteroatoms. The number of nitrogen functional groups attached to an aromatic ring is 1.